The van der Waals surface area contributed by atoms with E-state index in [1.54, 1.807) is 16.9 Å². The number of nitrogens with one attached hydrogen (secondary N) is 1. The van der Waals surface area contributed by atoms with Crippen LogP contribution in [-0.4, -0.2) is 27.2 Å². The minimum Gasteiger partial charge on any atom is -0.396 e. The lowest BCUT2D eigenvalue weighted by Crippen LogP contribution is -2.35. The van der Waals surface area contributed by atoms with Crippen LogP contribution in [0.25, 0.3) is 5.65 Å². The molecule has 3 heterocycles. The van der Waals surface area contributed by atoms with E-state index in [1.807, 2.05) is 6.20 Å². The largest absolute Gasteiger partial charge is 0.396 e. The number of piperidine rings is 1. The van der Waals surface area contributed by atoms with Gasteiger partial charge in [0.15, 0.2) is 5.65 Å². The Kier molecular flexibility index (Phi) is 2.68. The maximum Gasteiger partial charge on any atom is 0.158 e. The van der Waals surface area contributed by atoms with Gasteiger partial charge in [-0.2, -0.15) is 5.10 Å². The fourth-order valence-electron chi connectivity index (χ4n) is 2.45. The van der Waals surface area contributed by atoms with Crippen LogP contribution in [0.4, 0.5) is 5.69 Å². The van der Waals surface area contributed by atoms with Crippen molar-refractivity contribution in [1.29, 1.82) is 0 Å². The van der Waals surface area contributed by atoms with Crippen LogP contribution in [0.15, 0.2) is 18.6 Å². The van der Waals surface area contributed by atoms with Crippen LogP contribution in [0, 0.1) is 0 Å². The van der Waals surface area contributed by atoms with Crippen LogP contribution in [0.1, 0.15) is 24.8 Å². The molecular weight excluding hydrogens is 214 g/mol. The number of fused-ring (bicyclic) bond motifs is 1. The van der Waals surface area contributed by atoms with Gasteiger partial charge in [-0.3, -0.25) is 0 Å². The Bertz CT molecular complexity index is 513. The van der Waals surface area contributed by atoms with Gasteiger partial charge in [-0.1, -0.05) is 6.42 Å². The predicted molar refractivity (Wildman–Crippen MR) is 66.7 cm³/mol. The van der Waals surface area contributed by atoms with E-state index in [2.05, 4.69) is 15.4 Å². The molecule has 0 aliphatic carbocycles. The zero-order valence-electron chi connectivity index (χ0n) is 9.76. The van der Waals surface area contributed by atoms with Crippen molar-refractivity contribution in [2.24, 2.45) is 0 Å². The van der Waals surface area contributed by atoms with Crippen LogP contribution < -0.4 is 11.1 Å². The lowest BCUT2D eigenvalue weighted by molar-refractivity contribution is 0.400. The average molecular weight is 231 g/mol. The molecule has 1 fully saturated rings. The Balaban J connectivity index is 1.84. The normalized spacial score (nSPS) is 20.8. The van der Waals surface area contributed by atoms with Crippen LogP contribution in [-0.2, 0) is 6.42 Å². The lowest BCUT2D eigenvalue weighted by Gasteiger charge is -2.22. The zero-order chi connectivity index (χ0) is 11.7. The monoisotopic (exact) mass is 231 g/mol. The van der Waals surface area contributed by atoms with Crippen molar-refractivity contribution in [1.82, 2.24) is 19.9 Å². The summed E-state index contributed by atoms with van der Waals surface area (Å²) in [6, 6.07) is 0.566. The summed E-state index contributed by atoms with van der Waals surface area (Å²) in [5.41, 5.74) is 8.44. The number of anilines is 1. The Morgan fingerprint density at radius 3 is 3.18 bits per heavy atom. The fourth-order valence-corrected chi connectivity index (χ4v) is 2.45. The van der Waals surface area contributed by atoms with Gasteiger partial charge in [0.05, 0.1) is 24.3 Å². The number of rotatable bonds is 2. The lowest BCUT2D eigenvalue weighted by atomic mass is 9.99. The van der Waals surface area contributed by atoms with Crippen molar-refractivity contribution in [2.45, 2.75) is 31.7 Å². The molecule has 17 heavy (non-hydrogen) atoms. The fraction of sp³-hybridized carbons (Fsp3) is 0.500. The van der Waals surface area contributed by atoms with E-state index in [0.29, 0.717) is 11.7 Å². The number of hydrogen-bond acceptors (Lipinski definition) is 4. The highest BCUT2D eigenvalue weighted by atomic mass is 15.2. The van der Waals surface area contributed by atoms with E-state index in [1.165, 1.54) is 24.8 Å². The Labute approximate surface area is 100 Å². The topological polar surface area (TPSA) is 68.2 Å². The summed E-state index contributed by atoms with van der Waals surface area (Å²) in [5.74, 6) is 0. The van der Waals surface area contributed by atoms with Crippen LogP contribution in [0.5, 0.6) is 0 Å². The molecule has 5 nitrogen and oxygen atoms in total. The van der Waals surface area contributed by atoms with Crippen LogP contribution >= 0.6 is 0 Å². The van der Waals surface area contributed by atoms with Gasteiger partial charge in [0.2, 0.25) is 0 Å². The molecule has 1 atom stereocenters. The molecule has 3 rings (SSSR count). The molecule has 0 spiro atoms. The highest BCUT2D eigenvalue weighted by Crippen LogP contribution is 2.16. The molecule has 0 saturated carbocycles. The van der Waals surface area contributed by atoms with Crippen LogP contribution in [0.3, 0.4) is 0 Å². The first-order valence-electron chi connectivity index (χ1n) is 6.14. The van der Waals surface area contributed by atoms with E-state index in [0.717, 1.165) is 18.6 Å². The first kappa shape index (κ1) is 10.5. The van der Waals surface area contributed by atoms with Crippen LogP contribution in [0.2, 0.25) is 0 Å². The first-order chi connectivity index (χ1) is 8.33. The van der Waals surface area contributed by atoms with Crippen molar-refractivity contribution < 1.29 is 0 Å². The van der Waals surface area contributed by atoms with E-state index >= 15 is 0 Å². The molecule has 0 aromatic carbocycles. The summed E-state index contributed by atoms with van der Waals surface area (Å²) in [6.45, 7) is 1.13. The van der Waals surface area contributed by atoms with Gasteiger partial charge in [-0.25, -0.2) is 9.50 Å². The van der Waals surface area contributed by atoms with E-state index in [9.17, 15) is 0 Å². The standard InChI is InChI=1S/C12H17N5/c13-10-7-15-12-9(6-16-17(12)8-10)5-11-3-1-2-4-14-11/h6-8,11,14H,1-5,13H2. The molecular formula is C12H17N5. The molecule has 0 bridgehead atoms. The summed E-state index contributed by atoms with van der Waals surface area (Å²) >= 11 is 0. The Morgan fingerprint density at radius 2 is 2.35 bits per heavy atom. The maximum absolute atomic E-state index is 5.68. The van der Waals surface area contributed by atoms with Crippen molar-refractivity contribution in [3.05, 3.63) is 24.2 Å². The van der Waals surface area contributed by atoms with Crippen molar-refractivity contribution in [2.75, 3.05) is 12.3 Å². The van der Waals surface area contributed by atoms with Gasteiger partial charge in [0.25, 0.3) is 0 Å². The second kappa shape index (κ2) is 4.33. The third-order valence-electron chi connectivity index (χ3n) is 3.33. The van der Waals surface area contributed by atoms with Gasteiger partial charge in [0, 0.05) is 11.6 Å². The quantitative estimate of drug-likeness (QED) is 0.809. The Morgan fingerprint density at radius 1 is 1.41 bits per heavy atom. The number of nitrogens with zero attached hydrogens (tertiary/aromatic N) is 3. The first-order valence-corrected chi connectivity index (χ1v) is 6.14. The smallest absolute Gasteiger partial charge is 0.158 e. The van der Waals surface area contributed by atoms with E-state index in [4.69, 9.17) is 5.73 Å². The van der Waals surface area contributed by atoms with Gasteiger partial charge >= 0.3 is 0 Å². The average Bonchev–Trinajstić information content (AvgIpc) is 2.73. The van der Waals surface area contributed by atoms with Gasteiger partial charge in [-0.05, 0) is 25.8 Å². The summed E-state index contributed by atoms with van der Waals surface area (Å²) in [6.07, 6.45) is 10.2. The molecule has 3 N–H and O–H groups in total. The highest BCUT2D eigenvalue weighted by molar-refractivity contribution is 5.49. The molecule has 0 radical (unpaired) electrons. The number of hydrogen-bond donors (Lipinski definition) is 2. The van der Waals surface area contributed by atoms with Gasteiger partial charge in [-0.15, -0.1) is 0 Å². The summed E-state index contributed by atoms with van der Waals surface area (Å²) in [4.78, 5) is 4.35. The second-order valence-corrected chi connectivity index (χ2v) is 4.68. The zero-order valence-corrected chi connectivity index (χ0v) is 9.76. The minimum atomic E-state index is 0.566. The summed E-state index contributed by atoms with van der Waals surface area (Å²) in [7, 11) is 0. The second-order valence-electron chi connectivity index (χ2n) is 4.68. The van der Waals surface area contributed by atoms with E-state index < -0.39 is 0 Å². The van der Waals surface area contributed by atoms with Crippen molar-refractivity contribution in [3.63, 3.8) is 0 Å². The predicted octanol–water partition coefficient (Wildman–Crippen LogP) is 0.996. The van der Waals surface area contributed by atoms with E-state index in [-0.39, 0.29) is 0 Å². The Hall–Kier alpha value is -1.62. The van der Waals surface area contributed by atoms with Gasteiger partial charge < -0.3 is 11.1 Å². The van der Waals surface area contributed by atoms with Crippen molar-refractivity contribution in [3.8, 4) is 0 Å². The molecule has 5 heteroatoms. The molecule has 2 aromatic heterocycles. The summed E-state index contributed by atoms with van der Waals surface area (Å²) in [5, 5.41) is 7.84. The molecule has 90 valence electrons. The maximum atomic E-state index is 5.68. The number of nitrogen functional groups attached to an aromatic ring is 1. The summed E-state index contributed by atoms with van der Waals surface area (Å²) < 4.78 is 1.76. The van der Waals surface area contributed by atoms with Crippen molar-refractivity contribution >= 4 is 11.3 Å². The molecule has 1 aliphatic heterocycles. The minimum absolute atomic E-state index is 0.566. The number of nitrogens with two attached hydrogens (primary N) is 1. The van der Waals surface area contributed by atoms with Gasteiger partial charge in [0.1, 0.15) is 0 Å². The number of aromatic nitrogens is 3. The molecule has 2 aromatic rings. The molecule has 1 saturated heterocycles. The SMILES string of the molecule is Nc1cnc2c(CC3CCCCN3)cnn2c1. The molecule has 1 unspecified atom stereocenters. The molecule has 1 aliphatic rings. The highest BCUT2D eigenvalue weighted by Gasteiger charge is 2.15. The molecule has 0 amide bonds. The third-order valence-corrected chi connectivity index (χ3v) is 3.33. The third kappa shape index (κ3) is 2.10.